The first-order valence-electron chi connectivity index (χ1n) is 11.5. The average molecular weight is 432 g/mol. The molecule has 32 heavy (non-hydrogen) atoms. The number of nitrogens with one attached hydrogen (secondary N) is 2. The first-order valence-corrected chi connectivity index (χ1v) is 11.5. The molecule has 3 heterocycles. The molecule has 0 bridgehead atoms. The summed E-state index contributed by atoms with van der Waals surface area (Å²) >= 11 is 0. The zero-order chi connectivity index (χ0) is 22.3. The Morgan fingerprint density at radius 1 is 1.06 bits per heavy atom. The largest absolute Gasteiger partial charge is 0.357 e. The molecule has 168 valence electrons. The van der Waals surface area contributed by atoms with Crippen LogP contribution < -0.4 is 15.5 Å². The normalized spacial score (nSPS) is 14.1. The van der Waals surface area contributed by atoms with Gasteiger partial charge in [0.25, 0.3) is 0 Å². The molecule has 1 aliphatic heterocycles. The first kappa shape index (κ1) is 21.9. The van der Waals surface area contributed by atoms with Gasteiger partial charge in [0.2, 0.25) is 0 Å². The minimum absolute atomic E-state index is 0.609. The van der Waals surface area contributed by atoms with E-state index < -0.39 is 0 Å². The molecule has 0 radical (unpaired) electrons. The highest BCUT2D eigenvalue weighted by atomic mass is 15.3. The van der Waals surface area contributed by atoms with Crippen molar-refractivity contribution >= 4 is 11.8 Å². The van der Waals surface area contributed by atoms with Gasteiger partial charge in [-0.25, -0.2) is 14.7 Å². The Hall–Kier alpha value is -3.35. The van der Waals surface area contributed by atoms with E-state index in [0.717, 1.165) is 48.5 Å². The van der Waals surface area contributed by atoms with Gasteiger partial charge in [-0.3, -0.25) is 0 Å². The molecule has 1 aromatic carbocycles. The van der Waals surface area contributed by atoms with Crippen molar-refractivity contribution in [1.82, 2.24) is 25.4 Å². The molecule has 0 unspecified atom stereocenters. The number of aryl methyl sites for hydroxylation is 2. The lowest BCUT2D eigenvalue weighted by atomic mass is 10.1. The highest BCUT2D eigenvalue weighted by Gasteiger charge is 2.13. The van der Waals surface area contributed by atoms with Gasteiger partial charge in [0, 0.05) is 38.1 Å². The summed E-state index contributed by atoms with van der Waals surface area (Å²) in [5.41, 5.74) is 5.57. The van der Waals surface area contributed by atoms with E-state index in [1.54, 1.807) is 0 Å². The summed E-state index contributed by atoms with van der Waals surface area (Å²) in [6.07, 6.45) is 4.39. The summed E-state index contributed by atoms with van der Waals surface area (Å²) in [6, 6.07) is 14.7. The number of guanidine groups is 1. The van der Waals surface area contributed by atoms with Gasteiger partial charge < -0.3 is 15.5 Å². The summed E-state index contributed by atoms with van der Waals surface area (Å²) < 4.78 is 2.01. The zero-order valence-corrected chi connectivity index (χ0v) is 19.3. The van der Waals surface area contributed by atoms with Gasteiger partial charge in [-0.1, -0.05) is 18.2 Å². The molecule has 3 aromatic rings. The number of nitrogens with zero attached hydrogens (tertiary/aromatic N) is 5. The van der Waals surface area contributed by atoms with Crippen LogP contribution in [0.2, 0.25) is 0 Å². The van der Waals surface area contributed by atoms with Crippen LogP contribution in [0.4, 0.5) is 5.82 Å². The molecule has 2 N–H and O–H groups in total. The summed E-state index contributed by atoms with van der Waals surface area (Å²) in [5, 5.41) is 11.5. The van der Waals surface area contributed by atoms with Gasteiger partial charge in [0.1, 0.15) is 5.82 Å². The van der Waals surface area contributed by atoms with Crippen LogP contribution in [-0.4, -0.2) is 40.4 Å². The Morgan fingerprint density at radius 2 is 1.88 bits per heavy atom. The maximum absolute atomic E-state index is 4.82. The number of anilines is 1. The molecular formula is C25H33N7. The van der Waals surface area contributed by atoms with Crippen molar-refractivity contribution < 1.29 is 0 Å². The number of para-hydroxylation sites is 1. The Kier molecular flexibility index (Phi) is 7.04. The van der Waals surface area contributed by atoms with Crippen molar-refractivity contribution in [3.63, 3.8) is 0 Å². The van der Waals surface area contributed by atoms with Gasteiger partial charge in [0.05, 0.1) is 17.9 Å². The lowest BCUT2D eigenvalue weighted by Crippen LogP contribution is -2.37. The number of rotatable bonds is 7. The molecule has 0 atom stereocenters. The maximum atomic E-state index is 4.82. The highest BCUT2D eigenvalue weighted by Crippen LogP contribution is 2.19. The molecule has 0 spiro atoms. The second-order valence-corrected chi connectivity index (χ2v) is 8.23. The summed E-state index contributed by atoms with van der Waals surface area (Å²) in [7, 11) is 0. The van der Waals surface area contributed by atoms with E-state index in [1.165, 1.54) is 24.0 Å². The van der Waals surface area contributed by atoms with Crippen LogP contribution in [0.3, 0.4) is 0 Å². The monoisotopic (exact) mass is 431 g/mol. The number of aliphatic imine (C=N–C) groups is 1. The van der Waals surface area contributed by atoms with Crippen LogP contribution in [0.5, 0.6) is 0 Å². The molecular weight excluding hydrogens is 398 g/mol. The second kappa shape index (κ2) is 10.3. The van der Waals surface area contributed by atoms with E-state index >= 15 is 0 Å². The summed E-state index contributed by atoms with van der Waals surface area (Å²) in [6.45, 7) is 10.5. The van der Waals surface area contributed by atoms with Gasteiger partial charge >= 0.3 is 0 Å². The fourth-order valence-electron chi connectivity index (χ4n) is 4.11. The highest BCUT2D eigenvalue weighted by molar-refractivity contribution is 5.79. The maximum Gasteiger partial charge on any atom is 0.191 e. The quantitative estimate of drug-likeness (QED) is 0.441. The first-order chi connectivity index (χ1) is 15.6. The van der Waals surface area contributed by atoms with Crippen molar-refractivity contribution in [3.8, 4) is 5.69 Å². The Bertz CT molecular complexity index is 1060. The average Bonchev–Trinajstić information content (AvgIpc) is 3.46. The minimum Gasteiger partial charge on any atom is -0.357 e. The van der Waals surface area contributed by atoms with Crippen LogP contribution in [0.25, 0.3) is 5.69 Å². The predicted molar refractivity (Wildman–Crippen MR) is 130 cm³/mol. The molecule has 7 nitrogen and oxygen atoms in total. The van der Waals surface area contributed by atoms with Crippen LogP contribution in [-0.2, 0) is 13.1 Å². The molecule has 0 aliphatic carbocycles. The third-order valence-corrected chi connectivity index (χ3v) is 5.68. The van der Waals surface area contributed by atoms with Crippen LogP contribution in [0.15, 0.2) is 53.7 Å². The standard InChI is InChI=1S/C25H33N7/c1-4-26-25(28-17-21-11-12-27-24(16-21)31-13-7-8-14-31)29-18-22-9-5-6-10-23(22)32-20(3)15-19(2)30-32/h5-6,9-12,15-16H,4,7-8,13-14,17-18H2,1-3H3,(H2,26,28,29). The number of pyridine rings is 1. The van der Waals surface area contributed by atoms with Crippen molar-refractivity contribution in [2.24, 2.45) is 4.99 Å². The smallest absolute Gasteiger partial charge is 0.191 e. The number of hydrogen-bond acceptors (Lipinski definition) is 4. The van der Waals surface area contributed by atoms with E-state index in [1.807, 2.05) is 23.9 Å². The topological polar surface area (TPSA) is 70.4 Å². The van der Waals surface area contributed by atoms with Gasteiger partial charge in [-0.2, -0.15) is 5.10 Å². The van der Waals surface area contributed by atoms with Crippen LogP contribution >= 0.6 is 0 Å². The number of aromatic nitrogens is 3. The molecule has 7 heteroatoms. The lowest BCUT2D eigenvalue weighted by molar-refractivity contribution is 0.783. The Morgan fingerprint density at radius 3 is 2.62 bits per heavy atom. The zero-order valence-electron chi connectivity index (χ0n) is 19.3. The molecule has 0 saturated carbocycles. The lowest BCUT2D eigenvalue weighted by Gasteiger charge is -2.17. The molecule has 2 aromatic heterocycles. The van der Waals surface area contributed by atoms with Crippen molar-refractivity contribution in [2.75, 3.05) is 24.5 Å². The van der Waals surface area contributed by atoms with Crippen LogP contribution in [0.1, 0.15) is 42.3 Å². The van der Waals surface area contributed by atoms with E-state index in [-0.39, 0.29) is 0 Å². The van der Waals surface area contributed by atoms with Crippen LogP contribution in [0, 0.1) is 13.8 Å². The van der Waals surface area contributed by atoms with Gasteiger partial charge in [0.15, 0.2) is 5.96 Å². The molecule has 0 amide bonds. The summed E-state index contributed by atoms with van der Waals surface area (Å²) in [4.78, 5) is 11.7. The van der Waals surface area contributed by atoms with Gasteiger partial charge in [-0.05, 0) is 69.0 Å². The minimum atomic E-state index is 0.609. The van der Waals surface area contributed by atoms with Crippen molar-refractivity contribution in [1.29, 1.82) is 0 Å². The summed E-state index contributed by atoms with van der Waals surface area (Å²) in [5.74, 6) is 1.86. The second-order valence-electron chi connectivity index (χ2n) is 8.23. The number of hydrogen-bond donors (Lipinski definition) is 2. The number of benzene rings is 1. The van der Waals surface area contributed by atoms with E-state index in [9.17, 15) is 0 Å². The Labute approximate surface area is 190 Å². The van der Waals surface area contributed by atoms with Crippen molar-refractivity contribution in [2.45, 2.75) is 46.7 Å². The third-order valence-electron chi connectivity index (χ3n) is 5.68. The Balaban J connectivity index is 1.46. The van der Waals surface area contributed by atoms with E-state index in [4.69, 9.17) is 4.99 Å². The fraction of sp³-hybridized carbons (Fsp3) is 0.400. The van der Waals surface area contributed by atoms with Crippen molar-refractivity contribution in [3.05, 3.63) is 71.2 Å². The van der Waals surface area contributed by atoms with E-state index in [2.05, 4.69) is 75.9 Å². The third kappa shape index (κ3) is 5.28. The van der Waals surface area contributed by atoms with E-state index in [0.29, 0.717) is 13.1 Å². The van der Waals surface area contributed by atoms with Gasteiger partial charge in [-0.15, -0.1) is 0 Å². The predicted octanol–water partition coefficient (Wildman–Crippen LogP) is 3.74. The molecule has 1 aliphatic rings. The molecule has 1 saturated heterocycles. The molecule has 1 fully saturated rings. The fourth-order valence-corrected chi connectivity index (χ4v) is 4.11. The molecule has 4 rings (SSSR count). The SMILES string of the molecule is CCNC(=NCc1ccnc(N2CCCC2)c1)NCc1ccccc1-n1nc(C)cc1C.